The van der Waals surface area contributed by atoms with Crippen LogP contribution in [-0.2, 0) is 6.54 Å². The Bertz CT molecular complexity index is 901. The predicted octanol–water partition coefficient (Wildman–Crippen LogP) is 4.67. The maximum absolute atomic E-state index is 12.6. The molecule has 1 aromatic heterocycles. The molecule has 6 heteroatoms. The number of carbonyl (C=O) groups is 1. The van der Waals surface area contributed by atoms with Crippen molar-refractivity contribution in [2.75, 3.05) is 11.1 Å². The summed E-state index contributed by atoms with van der Waals surface area (Å²) in [6.45, 7) is 0.985. The van der Waals surface area contributed by atoms with Crippen LogP contribution in [-0.4, -0.2) is 21.2 Å². The molecule has 0 radical (unpaired) electrons. The molecule has 0 atom stereocenters. The van der Waals surface area contributed by atoms with Crippen molar-refractivity contribution in [2.24, 2.45) is 0 Å². The number of rotatable bonds is 3. The van der Waals surface area contributed by atoms with Gasteiger partial charge < -0.3 is 9.88 Å². The van der Waals surface area contributed by atoms with Gasteiger partial charge in [0.25, 0.3) is 5.91 Å². The number of carbonyl (C=O) groups excluding carboxylic acids is 1. The van der Waals surface area contributed by atoms with Crippen molar-refractivity contribution >= 4 is 39.3 Å². The molecule has 24 heavy (non-hydrogen) atoms. The monoisotopic (exact) mass is 399 g/mol. The summed E-state index contributed by atoms with van der Waals surface area (Å²) < 4.78 is 2.93. The van der Waals surface area contributed by atoms with Crippen LogP contribution < -0.4 is 5.32 Å². The van der Waals surface area contributed by atoms with Crippen molar-refractivity contribution in [2.45, 2.75) is 11.7 Å². The van der Waals surface area contributed by atoms with Crippen LogP contribution >= 0.6 is 27.7 Å². The fourth-order valence-electron chi connectivity index (χ4n) is 2.69. The molecule has 1 aliphatic rings. The molecule has 2 heterocycles. The molecule has 120 valence electrons. The minimum atomic E-state index is -0.143. The van der Waals surface area contributed by atoms with E-state index in [0.29, 0.717) is 5.56 Å². The van der Waals surface area contributed by atoms with Gasteiger partial charge in [0, 0.05) is 28.5 Å². The first-order chi connectivity index (χ1) is 11.7. The molecule has 0 bridgehead atoms. The van der Waals surface area contributed by atoms with Crippen LogP contribution in [0.4, 0.5) is 5.69 Å². The Balaban J connectivity index is 1.67. The van der Waals surface area contributed by atoms with Gasteiger partial charge in [0.05, 0.1) is 16.9 Å². The first kappa shape index (κ1) is 15.5. The van der Waals surface area contributed by atoms with Gasteiger partial charge in [-0.2, -0.15) is 0 Å². The Hall–Kier alpha value is -2.05. The molecule has 0 aliphatic carbocycles. The lowest BCUT2D eigenvalue weighted by molar-refractivity contribution is 0.102. The van der Waals surface area contributed by atoms with Crippen molar-refractivity contribution in [3.05, 3.63) is 64.8 Å². The SMILES string of the molecule is O=C(Nc1ccccc1-c1cn2c(n1)SCC2)c1ccccc1Br. The van der Waals surface area contributed by atoms with Crippen LogP contribution in [0.1, 0.15) is 10.4 Å². The van der Waals surface area contributed by atoms with Gasteiger partial charge in [0.15, 0.2) is 5.16 Å². The molecule has 1 amide bonds. The average Bonchev–Trinajstić information content (AvgIpc) is 3.17. The number of fused-ring (bicyclic) bond motifs is 1. The molecule has 3 aromatic rings. The number of nitrogens with zero attached hydrogens (tertiary/aromatic N) is 2. The molecule has 4 nitrogen and oxygen atoms in total. The molecule has 0 saturated heterocycles. The van der Waals surface area contributed by atoms with Crippen LogP contribution in [0.25, 0.3) is 11.3 Å². The van der Waals surface area contributed by atoms with E-state index in [4.69, 9.17) is 0 Å². The summed E-state index contributed by atoms with van der Waals surface area (Å²) in [7, 11) is 0. The standard InChI is InChI=1S/C18H14BrN3OS/c19-14-7-3-1-5-12(14)17(23)20-15-8-4-2-6-13(15)16-11-22-9-10-24-18(22)21-16/h1-8,11H,9-10H2,(H,20,23). The zero-order chi connectivity index (χ0) is 16.5. The van der Waals surface area contributed by atoms with Gasteiger partial charge in [-0.25, -0.2) is 4.98 Å². The number of imidazole rings is 1. The number of nitrogens with one attached hydrogen (secondary N) is 1. The molecule has 0 fully saturated rings. The quantitative estimate of drug-likeness (QED) is 0.695. The maximum Gasteiger partial charge on any atom is 0.256 e. The van der Waals surface area contributed by atoms with Gasteiger partial charge in [0.2, 0.25) is 0 Å². The minimum absolute atomic E-state index is 0.143. The molecule has 1 aliphatic heterocycles. The zero-order valence-electron chi connectivity index (χ0n) is 12.7. The summed E-state index contributed by atoms with van der Waals surface area (Å²) in [5.41, 5.74) is 3.19. The van der Waals surface area contributed by atoms with E-state index < -0.39 is 0 Å². The Morgan fingerprint density at radius 1 is 1.17 bits per heavy atom. The van der Waals surface area contributed by atoms with Crippen molar-refractivity contribution < 1.29 is 4.79 Å². The predicted molar refractivity (Wildman–Crippen MR) is 100 cm³/mol. The van der Waals surface area contributed by atoms with E-state index in [1.165, 1.54) is 0 Å². The van der Waals surface area contributed by atoms with Crippen LogP contribution in [0.3, 0.4) is 0 Å². The number of thioether (sulfide) groups is 1. The highest BCUT2D eigenvalue weighted by Gasteiger charge is 2.18. The number of hydrogen-bond donors (Lipinski definition) is 1. The number of hydrogen-bond acceptors (Lipinski definition) is 3. The number of halogens is 1. The smallest absolute Gasteiger partial charge is 0.256 e. The maximum atomic E-state index is 12.6. The second-order valence-electron chi connectivity index (χ2n) is 5.43. The molecule has 1 N–H and O–H groups in total. The summed E-state index contributed by atoms with van der Waals surface area (Å²) in [4.78, 5) is 17.3. The number of para-hydroxylation sites is 1. The Labute approximate surface area is 152 Å². The third-order valence-electron chi connectivity index (χ3n) is 3.87. The van der Waals surface area contributed by atoms with E-state index in [9.17, 15) is 4.79 Å². The normalized spacial score (nSPS) is 12.9. The second-order valence-corrected chi connectivity index (χ2v) is 7.35. The van der Waals surface area contributed by atoms with Crippen molar-refractivity contribution in [1.29, 1.82) is 0 Å². The number of aromatic nitrogens is 2. The molecular formula is C18H14BrN3OS. The first-order valence-corrected chi connectivity index (χ1v) is 9.35. The van der Waals surface area contributed by atoms with Crippen LogP contribution in [0.2, 0.25) is 0 Å². The van der Waals surface area contributed by atoms with E-state index in [0.717, 1.165) is 38.9 Å². The zero-order valence-corrected chi connectivity index (χ0v) is 15.1. The van der Waals surface area contributed by atoms with Gasteiger partial charge in [-0.05, 0) is 34.1 Å². The highest BCUT2D eigenvalue weighted by atomic mass is 79.9. The van der Waals surface area contributed by atoms with E-state index in [1.54, 1.807) is 17.8 Å². The second kappa shape index (κ2) is 6.45. The Morgan fingerprint density at radius 3 is 2.79 bits per heavy atom. The summed E-state index contributed by atoms with van der Waals surface area (Å²) >= 11 is 5.18. The third kappa shape index (κ3) is 2.87. The lowest BCUT2D eigenvalue weighted by Gasteiger charge is -2.10. The molecule has 2 aromatic carbocycles. The van der Waals surface area contributed by atoms with Crippen molar-refractivity contribution in [3.63, 3.8) is 0 Å². The third-order valence-corrected chi connectivity index (χ3v) is 5.54. The highest BCUT2D eigenvalue weighted by Crippen LogP contribution is 2.32. The fourth-order valence-corrected chi connectivity index (χ4v) is 4.10. The number of aryl methyl sites for hydroxylation is 1. The lowest BCUT2D eigenvalue weighted by atomic mass is 10.1. The number of amides is 1. The summed E-state index contributed by atoms with van der Waals surface area (Å²) in [6.07, 6.45) is 2.05. The van der Waals surface area contributed by atoms with Crippen molar-refractivity contribution in [1.82, 2.24) is 9.55 Å². The topological polar surface area (TPSA) is 46.9 Å². The Kier molecular flexibility index (Phi) is 4.16. The molecule has 0 spiro atoms. The van der Waals surface area contributed by atoms with Gasteiger partial charge in [0.1, 0.15) is 0 Å². The summed E-state index contributed by atoms with van der Waals surface area (Å²) in [6, 6.07) is 15.2. The van der Waals surface area contributed by atoms with Crippen LogP contribution in [0, 0.1) is 0 Å². The van der Waals surface area contributed by atoms with Gasteiger partial charge in [-0.3, -0.25) is 4.79 Å². The summed E-state index contributed by atoms with van der Waals surface area (Å²) in [5.74, 6) is 0.930. The van der Waals surface area contributed by atoms with Gasteiger partial charge in [-0.1, -0.05) is 42.1 Å². The van der Waals surface area contributed by atoms with Crippen LogP contribution in [0.15, 0.2) is 64.4 Å². The lowest BCUT2D eigenvalue weighted by Crippen LogP contribution is -2.13. The van der Waals surface area contributed by atoms with Gasteiger partial charge in [-0.15, -0.1) is 0 Å². The highest BCUT2D eigenvalue weighted by molar-refractivity contribution is 9.10. The van der Waals surface area contributed by atoms with E-state index >= 15 is 0 Å². The fraction of sp³-hybridized carbons (Fsp3) is 0.111. The summed E-state index contributed by atoms with van der Waals surface area (Å²) in [5, 5.41) is 4.04. The van der Waals surface area contributed by atoms with E-state index in [2.05, 4.69) is 37.0 Å². The molecule has 0 saturated carbocycles. The van der Waals surface area contributed by atoms with Gasteiger partial charge >= 0.3 is 0 Å². The Morgan fingerprint density at radius 2 is 1.96 bits per heavy atom. The molecular weight excluding hydrogens is 386 g/mol. The molecule has 4 rings (SSSR count). The minimum Gasteiger partial charge on any atom is -0.325 e. The average molecular weight is 400 g/mol. The van der Waals surface area contributed by atoms with Crippen molar-refractivity contribution in [3.8, 4) is 11.3 Å². The number of benzene rings is 2. The first-order valence-electron chi connectivity index (χ1n) is 7.57. The van der Waals surface area contributed by atoms with Crippen LogP contribution in [0.5, 0.6) is 0 Å². The largest absolute Gasteiger partial charge is 0.325 e. The molecule has 0 unspecified atom stereocenters. The van der Waals surface area contributed by atoms with E-state index in [-0.39, 0.29) is 5.91 Å². The number of anilines is 1. The van der Waals surface area contributed by atoms with E-state index in [1.807, 2.05) is 42.5 Å².